The number of carbonyl (C=O) groups excluding carboxylic acids is 2. The minimum absolute atomic E-state index is 0.215. The summed E-state index contributed by atoms with van der Waals surface area (Å²) in [6.07, 6.45) is 1.35. The topological polar surface area (TPSA) is 47.1 Å². The summed E-state index contributed by atoms with van der Waals surface area (Å²) in [4.78, 5) is 21.3. The second-order valence-electron chi connectivity index (χ2n) is 4.10. The molecule has 2 fully saturated rings. The van der Waals surface area contributed by atoms with Crippen molar-refractivity contribution in [3.63, 3.8) is 0 Å². The highest BCUT2D eigenvalue weighted by Crippen LogP contribution is 2.05. The molecule has 2 amide bonds. The van der Waals surface area contributed by atoms with E-state index in [0.29, 0.717) is 12.8 Å². The van der Waals surface area contributed by atoms with E-state index in [4.69, 9.17) is 0 Å². The molecule has 6 nitrogen and oxygen atoms in total. The van der Waals surface area contributed by atoms with E-state index in [-0.39, 0.29) is 11.8 Å². The Morgan fingerprint density at radius 2 is 1.06 bits per heavy atom. The summed E-state index contributed by atoms with van der Waals surface area (Å²) in [6.45, 7) is 1.74. The van der Waals surface area contributed by atoms with Crippen LogP contribution in [0.15, 0.2) is 0 Å². The Balaban J connectivity index is 0.000000160. The summed E-state index contributed by atoms with van der Waals surface area (Å²) in [7, 11) is 7.39. The van der Waals surface area contributed by atoms with Gasteiger partial charge in [-0.3, -0.25) is 19.6 Å². The molecule has 0 aromatic carbocycles. The summed E-state index contributed by atoms with van der Waals surface area (Å²) in [6, 6.07) is 0. The second-order valence-corrected chi connectivity index (χ2v) is 4.10. The van der Waals surface area contributed by atoms with Crippen LogP contribution in [0.3, 0.4) is 0 Å². The molecule has 2 heterocycles. The second kappa shape index (κ2) is 5.27. The average Bonchev–Trinajstić information content (AvgIpc) is 2.70. The van der Waals surface area contributed by atoms with Crippen LogP contribution in [0.4, 0.5) is 0 Å². The Bertz CT molecular complexity index is 254. The van der Waals surface area contributed by atoms with Gasteiger partial charge in [0.05, 0.1) is 0 Å². The van der Waals surface area contributed by atoms with E-state index in [1.807, 2.05) is 24.1 Å². The third-order valence-electron chi connectivity index (χ3n) is 3.04. The van der Waals surface area contributed by atoms with Crippen molar-refractivity contribution >= 4 is 11.8 Å². The molecule has 0 bridgehead atoms. The zero-order valence-corrected chi connectivity index (χ0v) is 10.4. The molecular formula is C10H20N4O2. The lowest BCUT2D eigenvalue weighted by Crippen LogP contribution is -2.31. The first-order chi connectivity index (χ1) is 7.43. The van der Waals surface area contributed by atoms with Crippen LogP contribution >= 0.6 is 0 Å². The standard InChI is InChI=1S/2C5H10N2O/c2*1-6-4-3-5(8)7(6)2/h2*3-4H2,1-2H3. The first-order valence-corrected chi connectivity index (χ1v) is 5.38. The van der Waals surface area contributed by atoms with Gasteiger partial charge in [0, 0.05) is 54.1 Å². The van der Waals surface area contributed by atoms with Gasteiger partial charge in [0.15, 0.2) is 0 Å². The van der Waals surface area contributed by atoms with Crippen LogP contribution in [0.5, 0.6) is 0 Å². The highest BCUT2D eigenvalue weighted by atomic mass is 16.2. The molecule has 0 unspecified atom stereocenters. The molecule has 0 radical (unpaired) electrons. The summed E-state index contributed by atoms with van der Waals surface area (Å²) >= 11 is 0. The largest absolute Gasteiger partial charge is 0.279 e. The van der Waals surface area contributed by atoms with Crippen molar-refractivity contribution in [2.45, 2.75) is 12.8 Å². The number of amides is 2. The molecule has 0 aromatic rings. The molecule has 92 valence electrons. The van der Waals surface area contributed by atoms with E-state index in [1.54, 1.807) is 24.1 Å². The van der Waals surface area contributed by atoms with Crippen molar-refractivity contribution in [1.82, 2.24) is 20.0 Å². The van der Waals surface area contributed by atoms with Gasteiger partial charge in [-0.05, 0) is 0 Å². The van der Waals surface area contributed by atoms with Crippen molar-refractivity contribution in [3.05, 3.63) is 0 Å². The molecular weight excluding hydrogens is 208 g/mol. The molecule has 2 aliphatic rings. The van der Waals surface area contributed by atoms with Gasteiger partial charge in [0.2, 0.25) is 11.8 Å². The molecule has 16 heavy (non-hydrogen) atoms. The van der Waals surface area contributed by atoms with E-state index in [0.717, 1.165) is 13.1 Å². The lowest BCUT2D eigenvalue weighted by atomic mass is 10.4. The van der Waals surface area contributed by atoms with E-state index in [1.165, 1.54) is 0 Å². The lowest BCUT2D eigenvalue weighted by molar-refractivity contribution is -0.134. The van der Waals surface area contributed by atoms with E-state index in [9.17, 15) is 9.59 Å². The number of hydrogen-bond donors (Lipinski definition) is 0. The Kier molecular flexibility index (Phi) is 4.26. The van der Waals surface area contributed by atoms with Gasteiger partial charge in [-0.15, -0.1) is 0 Å². The van der Waals surface area contributed by atoms with Gasteiger partial charge >= 0.3 is 0 Å². The fourth-order valence-corrected chi connectivity index (χ4v) is 1.52. The number of rotatable bonds is 0. The molecule has 0 spiro atoms. The Morgan fingerprint density at radius 1 is 0.750 bits per heavy atom. The molecule has 0 atom stereocenters. The molecule has 0 saturated carbocycles. The molecule has 0 aliphatic carbocycles. The van der Waals surface area contributed by atoms with Gasteiger partial charge in [0.25, 0.3) is 0 Å². The van der Waals surface area contributed by atoms with Crippen molar-refractivity contribution in [3.8, 4) is 0 Å². The fraction of sp³-hybridized carbons (Fsp3) is 0.800. The number of hydrazine groups is 2. The zero-order valence-electron chi connectivity index (χ0n) is 10.4. The first-order valence-electron chi connectivity index (χ1n) is 5.38. The first kappa shape index (κ1) is 12.9. The molecule has 2 rings (SSSR count). The minimum atomic E-state index is 0.215. The summed E-state index contributed by atoms with van der Waals surface area (Å²) in [5.74, 6) is 0.431. The lowest BCUT2D eigenvalue weighted by Gasteiger charge is -2.17. The molecule has 2 saturated heterocycles. The Labute approximate surface area is 96.3 Å². The summed E-state index contributed by atoms with van der Waals surface area (Å²) in [5, 5.41) is 7.09. The minimum Gasteiger partial charge on any atom is -0.279 e. The Hall–Kier alpha value is -1.14. The van der Waals surface area contributed by atoms with Crippen molar-refractivity contribution in [2.24, 2.45) is 0 Å². The predicted octanol–water partition coefficient (Wildman–Crippen LogP) is -0.609. The van der Waals surface area contributed by atoms with Crippen LogP contribution in [-0.4, -0.2) is 73.1 Å². The molecule has 6 heteroatoms. The van der Waals surface area contributed by atoms with Crippen molar-refractivity contribution < 1.29 is 9.59 Å². The monoisotopic (exact) mass is 228 g/mol. The third kappa shape index (κ3) is 2.93. The Morgan fingerprint density at radius 3 is 1.12 bits per heavy atom. The van der Waals surface area contributed by atoms with Crippen LogP contribution in [0.2, 0.25) is 0 Å². The van der Waals surface area contributed by atoms with Crippen molar-refractivity contribution in [2.75, 3.05) is 41.3 Å². The van der Waals surface area contributed by atoms with E-state index in [2.05, 4.69) is 0 Å². The van der Waals surface area contributed by atoms with Crippen LogP contribution in [0.25, 0.3) is 0 Å². The van der Waals surface area contributed by atoms with Crippen molar-refractivity contribution in [1.29, 1.82) is 0 Å². The van der Waals surface area contributed by atoms with Crippen LogP contribution < -0.4 is 0 Å². The highest BCUT2D eigenvalue weighted by Gasteiger charge is 2.21. The van der Waals surface area contributed by atoms with Gasteiger partial charge in [-0.1, -0.05) is 0 Å². The third-order valence-corrected chi connectivity index (χ3v) is 3.04. The van der Waals surface area contributed by atoms with Crippen LogP contribution in [0.1, 0.15) is 12.8 Å². The quantitative estimate of drug-likeness (QED) is 0.555. The zero-order chi connectivity index (χ0) is 12.3. The highest BCUT2D eigenvalue weighted by molar-refractivity contribution is 5.77. The number of nitrogens with zero attached hydrogens (tertiary/aromatic N) is 4. The number of carbonyl (C=O) groups is 2. The smallest absolute Gasteiger partial charge is 0.237 e. The van der Waals surface area contributed by atoms with Gasteiger partial charge in [-0.25, -0.2) is 10.0 Å². The SMILES string of the molecule is CN1CCC(=O)N1C.CN1CCC(=O)N1C. The van der Waals surface area contributed by atoms with Gasteiger partial charge in [0.1, 0.15) is 0 Å². The maximum Gasteiger partial charge on any atom is 0.237 e. The summed E-state index contributed by atoms with van der Waals surface area (Å²) in [5.41, 5.74) is 0. The van der Waals surface area contributed by atoms with E-state index < -0.39 is 0 Å². The van der Waals surface area contributed by atoms with Gasteiger partial charge < -0.3 is 0 Å². The van der Waals surface area contributed by atoms with Crippen LogP contribution in [-0.2, 0) is 9.59 Å². The summed E-state index contributed by atoms with van der Waals surface area (Å²) < 4.78 is 0. The van der Waals surface area contributed by atoms with Crippen LogP contribution in [0, 0.1) is 0 Å². The maximum atomic E-state index is 10.7. The normalized spacial score (nSPS) is 22.8. The maximum absolute atomic E-state index is 10.7. The predicted molar refractivity (Wildman–Crippen MR) is 60.0 cm³/mol. The molecule has 0 aromatic heterocycles. The fourth-order valence-electron chi connectivity index (χ4n) is 1.52. The average molecular weight is 228 g/mol. The molecule has 0 N–H and O–H groups in total. The van der Waals surface area contributed by atoms with Gasteiger partial charge in [-0.2, -0.15) is 0 Å². The molecule has 2 aliphatic heterocycles. The number of hydrogen-bond acceptors (Lipinski definition) is 4. The van der Waals surface area contributed by atoms with E-state index >= 15 is 0 Å².